The van der Waals surface area contributed by atoms with Crippen LogP contribution in [0.4, 0.5) is 4.39 Å². The lowest BCUT2D eigenvalue weighted by atomic mass is 9.88. The van der Waals surface area contributed by atoms with E-state index in [4.69, 9.17) is 11.6 Å². The molecule has 1 saturated heterocycles. The maximum atomic E-state index is 15.4. The molecule has 2 unspecified atom stereocenters. The normalized spacial score (nSPS) is 19.7. The Morgan fingerprint density at radius 3 is 2.31 bits per heavy atom. The highest BCUT2D eigenvalue weighted by Crippen LogP contribution is 2.34. The fraction of sp³-hybridized carbons (Fsp3) is 0.488. The number of nitrogens with zero attached hydrogens (tertiary/aromatic N) is 4. The number of rotatable bonds is 12. The number of benzene rings is 3. The van der Waals surface area contributed by atoms with E-state index in [0.717, 1.165) is 30.5 Å². The summed E-state index contributed by atoms with van der Waals surface area (Å²) in [5.74, 6) is -0.123. The van der Waals surface area contributed by atoms with Crippen LogP contribution in [0.5, 0.6) is 0 Å². The minimum Gasteiger partial charge on any atom is -0.344 e. The molecule has 10 heteroatoms. The largest absolute Gasteiger partial charge is 0.344 e. The fourth-order valence-corrected chi connectivity index (χ4v) is 8.35. The van der Waals surface area contributed by atoms with Gasteiger partial charge in [0.15, 0.2) is 0 Å². The average Bonchev–Trinajstić information content (AvgIpc) is 3.45. The number of halogens is 2. The maximum absolute atomic E-state index is 15.4. The van der Waals surface area contributed by atoms with E-state index in [0.29, 0.717) is 62.2 Å². The molecule has 1 aliphatic carbocycles. The van der Waals surface area contributed by atoms with Crippen molar-refractivity contribution in [1.29, 1.82) is 0 Å². The Labute approximate surface area is 306 Å². The third-order valence-corrected chi connectivity index (χ3v) is 11.4. The lowest BCUT2D eigenvalue weighted by molar-refractivity contribution is -0.138. The Hall–Kier alpha value is -3.79. The van der Waals surface area contributed by atoms with Gasteiger partial charge in [-0.25, -0.2) is 4.39 Å². The molecule has 0 radical (unpaired) electrons. The van der Waals surface area contributed by atoms with Crippen LogP contribution in [-0.4, -0.2) is 89.7 Å². The molecule has 6 rings (SSSR count). The lowest BCUT2D eigenvalue weighted by Crippen LogP contribution is -2.57. The number of carbonyl (C=O) groups excluding carboxylic acids is 3. The van der Waals surface area contributed by atoms with Crippen molar-refractivity contribution in [1.82, 2.24) is 24.9 Å². The summed E-state index contributed by atoms with van der Waals surface area (Å²) in [4.78, 5) is 48.9. The summed E-state index contributed by atoms with van der Waals surface area (Å²) in [5, 5.41) is 3.71. The third kappa shape index (κ3) is 9.36. The van der Waals surface area contributed by atoms with Crippen molar-refractivity contribution in [2.24, 2.45) is 5.92 Å². The highest BCUT2D eigenvalue weighted by Gasteiger charge is 2.35. The van der Waals surface area contributed by atoms with Gasteiger partial charge < -0.3 is 15.1 Å². The average molecular weight is 716 g/mol. The molecule has 1 N–H and O–H groups in total. The summed E-state index contributed by atoms with van der Waals surface area (Å²) in [7, 11) is 2.02. The van der Waals surface area contributed by atoms with Gasteiger partial charge in [-0.1, -0.05) is 85.5 Å². The molecule has 0 bridgehead atoms. The Bertz CT molecular complexity index is 1660. The van der Waals surface area contributed by atoms with Crippen molar-refractivity contribution in [3.05, 3.63) is 106 Å². The van der Waals surface area contributed by atoms with Crippen LogP contribution >= 0.6 is 11.6 Å². The van der Waals surface area contributed by atoms with E-state index < -0.39 is 6.04 Å². The summed E-state index contributed by atoms with van der Waals surface area (Å²) in [6, 6.07) is 21.2. The molecule has 3 aromatic rings. The van der Waals surface area contributed by atoms with Crippen molar-refractivity contribution in [2.45, 2.75) is 76.5 Å². The van der Waals surface area contributed by atoms with Crippen LogP contribution in [0.2, 0.25) is 5.02 Å². The monoisotopic (exact) mass is 715 g/mol. The standard InChI is InChI=1S/C41H51ClFN5O3/c1-29(49)48(26-31-10-4-3-5-11-31)28-39(35-14-8-9-15-36(35)43)46-20-22-47(23-21-46)41(51)37(24-30-16-18-33(42)19-17-30)44-40(50)25-38-34-13-7-6-12-32(34)27-45(38)2/h6-9,12-19,31,37-39H,3-5,10-11,20-28H2,1-2H3,(H,44,50)/t37-,38?,39?/m1/s1. The maximum Gasteiger partial charge on any atom is 0.245 e. The van der Waals surface area contributed by atoms with E-state index in [-0.39, 0.29) is 42.0 Å². The van der Waals surface area contributed by atoms with Gasteiger partial charge in [-0.2, -0.15) is 0 Å². The molecule has 3 amide bonds. The van der Waals surface area contributed by atoms with E-state index in [1.54, 1.807) is 25.1 Å². The molecule has 2 fully saturated rings. The summed E-state index contributed by atoms with van der Waals surface area (Å²) in [6.07, 6.45) is 6.45. The van der Waals surface area contributed by atoms with Gasteiger partial charge in [0.1, 0.15) is 11.9 Å². The second kappa shape index (κ2) is 17.2. The van der Waals surface area contributed by atoms with Crippen LogP contribution in [0, 0.1) is 11.7 Å². The first kappa shape index (κ1) is 37.0. The zero-order valence-electron chi connectivity index (χ0n) is 29.9. The van der Waals surface area contributed by atoms with E-state index in [1.165, 1.54) is 30.9 Å². The number of piperazine rings is 1. The molecule has 1 saturated carbocycles. The highest BCUT2D eigenvalue weighted by molar-refractivity contribution is 6.30. The predicted octanol–water partition coefficient (Wildman–Crippen LogP) is 6.40. The van der Waals surface area contributed by atoms with Crippen molar-refractivity contribution < 1.29 is 18.8 Å². The minimum atomic E-state index is -0.752. The molecule has 2 aliphatic heterocycles. The van der Waals surface area contributed by atoms with E-state index >= 15 is 4.39 Å². The van der Waals surface area contributed by atoms with E-state index in [2.05, 4.69) is 27.2 Å². The molecule has 272 valence electrons. The van der Waals surface area contributed by atoms with E-state index in [9.17, 15) is 14.4 Å². The van der Waals surface area contributed by atoms with Crippen LogP contribution in [0.15, 0.2) is 72.8 Å². The third-order valence-electron chi connectivity index (χ3n) is 11.1. The molecule has 8 nitrogen and oxygen atoms in total. The highest BCUT2D eigenvalue weighted by atomic mass is 35.5. The van der Waals surface area contributed by atoms with Gasteiger partial charge in [0, 0.05) is 82.2 Å². The van der Waals surface area contributed by atoms with Crippen LogP contribution < -0.4 is 5.32 Å². The van der Waals surface area contributed by atoms with Crippen LogP contribution in [-0.2, 0) is 27.3 Å². The Morgan fingerprint density at radius 2 is 1.61 bits per heavy atom. The number of hydrogen-bond acceptors (Lipinski definition) is 5. The van der Waals surface area contributed by atoms with Gasteiger partial charge in [0.05, 0.1) is 6.04 Å². The molecule has 2 heterocycles. The summed E-state index contributed by atoms with van der Waals surface area (Å²) >= 11 is 6.16. The SMILES string of the molecule is CC(=O)N(CC1CCCCC1)CC(c1ccccc1F)N1CCN(C(=O)[C@@H](Cc2ccc(Cl)cc2)NC(=O)CC2c3ccccc3CN2C)CC1. The van der Waals surface area contributed by atoms with Crippen molar-refractivity contribution in [2.75, 3.05) is 46.3 Å². The van der Waals surface area contributed by atoms with Crippen LogP contribution in [0.25, 0.3) is 0 Å². The predicted molar refractivity (Wildman–Crippen MR) is 198 cm³/mol. The molecule has 51 heavy (non-hydrogen) atoms. The lowest BCUT2D eigenvalue weighted by Gasteiger charge is -2.42. The fourth-order valence-electron chi connectivity index (χ4n) is 8.22. The van der Waals surface area contributed by atoms with Crippen molar-refractivity contribution >= 4 is 29.3 Å². The smallest absolute Gasteiger partial charge is 0.245 e. The molecule has 3 atom stereocenters. The van der Waals surface area contributed by atoms with Gasteiger partial charge in [0.2, 0.25) is 17.7 Å². The summed E-state index contributed by atoms with van der Waals surface area (Å²) < 4.78 is 15.4. The summed E-state index contributed by atoms with van der Waals surface area (Å²) in [5.41, 5.74) is 3.84. The van der Waals surface area contributed by atoms with Gasteiger partial charge in [-0.05, 0) is 60.7 Å². The molecule has 3 aromatic carbocycles. The number of hydrogen-bond donors (Lipinski definition) is 1. The molecule has 3 aliphatic rings. The van der Waals surface area contributed by atoms with Crippen LogP contribution in [0.1, 0.15) is 79.8 Å². The quantitative estimate of drug-likeness (QED) is 0.235. The molecular formula is C41H51ClFN5O3. The number of amides is 3. The van der Waals surface area contributed by atoms with Gasteiger partial charge in [-0.15, -0.1) is 0 Å². The van der Waals surface area contributed by atoms with Gasteiger partial charge in [-0.3, -0.25) is 24.2 Å². The van der Waals surface area contributed by atoms with Crippen molar-refractivity contribution in [3.63, 3.8) is 0 Å². The zero-order valence-corrected chi connectivity index (χ0v) is 30.7. The number of carbonyl (C=O) groups is 3. The van der Waals surface area contributed by atoms with Crippen molar-refractivity contribution in [3.8, 4) is 0 Å². The van der Waals surface area contributed by atoms with E-state index in [1.807, 2.05) is 53.2 Å². The first-order valence-electron chi connectivity index (χ1n) is 18.5. The molecule has 0 aromatic heterocycles. The van der Waals surface area contributed by atoms with Crippen LogP contribution in [0.3, 0.4) is 0 Å². The Kier molecular flexibility index (Phi) is 12.4. The summed E-state index contributed by atoms with van der Waals surface area (Å²) in [6.45, 7) is 5.37. The second-order valence-corrected chi connectivity index (χ2v) is 15.0. The Morgan fingerprint density at radius 1 is 0.922 bits per heavy atom. The number of nitrogens with one attached hydrogen (secondary N) is 1. The second-order valence-electron chi connectivity index (χ2n) is 14.6. The molecule has 0 spiro atoms. The molecular weight excluding hydrogens is 665 g/mol. The first-order chi connectivity index (χ1) is 24.7. The van der Waals surface area contributed by atoms with Gasteiger partial charge in [0.25, 0.3) is 0 Å². The Balaban J connectivity index is 1.15. The van der Waals surface area contributed by atoms with Gasteiger partial charge >= 0.3 is 0 Å². The number of fused-ring (bicyclic) bond motifs is 1. The zero-order chi connectivity index (χ0) is 35.9. The minimum absolute atomic E-state index is 0.00351. The topological polar surface area (TPSA) is 76.2 Å². The first-order valence-corrected chi connectivity index (χ1v) is 18.9.